The fourth-order valence-electron chi connectivity index (χ4n) is 2.26. The van der Waals surface area contributed by atoms with E-state index in [4.69, 9.17) is 15.9 Å². The number of amidine groups is 1. The zero-order valence-corrected chi connectivity index (χ0v) is 10.1. The van der Waals surface area contributed by atoms with Gasteiger partial charge in [-0.15, -0.1) is 0 Å². The standard InChI is InChI=1S/C13H19N3O/c1-2-10-9-17-8-7-16(10)12-6-4-3-5-11(12)13(14)15/h3-6,10H,2,7-9H2,1H3,(H3,14,15). The minimum absolute atomic E-state index is 0.127. The molecule has 0 amide bonds. The van der Waals surface area contributed by atoms with Gasteiger partial charge in [0.25, 0.3) is 0 Å². The first-order valence-electron chi connectivity index (χ1n) is 6.02. The SMILES string of the molecule is CCC1COCCN1c1ccccc1C(=N)N. The van der Waals surface area contributed by atoms with Gasteiger partial charge in [-0.05, 0) is 18.6 Å². The second kappa shape index (κ2) is 5.19. The van der Waals surface area contributed by atoms with Crippen LogP contribution in [0, 0.1) is 5.41 Å². The van der Waals surface area contributed by atoms with Crippen LogP contribution in [0.2, 0.25) is 0 Å². The van der Waals surface area contributed by atoms with E-state index < -0.39 is 0 Å². The number of rotatable bonds is 3. The summed E-state index contributed by atoms with van der Waals surface area (Å²) in [6.45, 7) is 4.51. The summed E-state index contributed by atoms with van der Waals surface area (Å²) in [5.74, 6) is 0.127. The molecule has 1 aromatic carbocycles. The predicted molar refractivity (Wildman–Crippen MR) is 69.7 cm³/mol. The number of benzene rings is 1. The molecule has 1 heterocycles. The van der Waals surface area contributed by atoms with Gasteiger partial charge in [0.1, 0.15) is 5.84 Å². The van der Waals surface area contributed by atoms with Crippen molar-refractivity contribution < 1.29 is 4.74 Å². The highest BCUT2D eigenvalue weighted by molar-refractivity contribution is 6.00. The van der Waals surface area contributed by atoms with Crippen molar-refractivity contribution in [2.45, 2.75) is 19.4 Å². The third-order valence-corrected chi connectivity index (χ3v) is 3.20. The van der Waals surface area contributed by atoms with Crippen LogP contribution in [-0.2, 0) is 4.74 Å². The average Bonchev–Trinajstić information content (AvgIpc) is 2.38. The molecule has 4 heteroatoms. The van der Waals surface area contributed by atoms with Crippen LogP contribution < -0.4 is 10.6 Å². The number of hydrogen-bond acceptors (Lipinski definition) is 3. The molecule has 1 saturated heterocycles. The molecular formula is C13H19N3O. The quantitative estimate of drug-likeness (QED) is 0.615. The zero-order chi connectivity index (χ0) is 12.3. The molecule has 0 aromatic heterocycles. The van der Waals surface area contributed by atoms with E-state index in [1.54, 1.807) is 0 Å². The Morgan fingerprint density at radius 2 is 2.29 bits per heavy atom. The molecule has 0 radical (unpaired) electrons. The van der Waals surface area contributed by atoms with Crippen molar-refractivity contribution in [3.05, 3.63) is 29.8 Å². The summed E-state index contributed by atoms with van der Waals surface area (Å²) < 4.78 is 5.50. The van der Waals surface area contributed by atoms with Gasteiger partial charge in [-0.25, -0.2) is 0 Å². The Morgan fingerprint density at radius 1 is 1.53 bits per heavy atom. The van der Waals surface area contributed by atoms with Gasteiger partial charge in [-0.2, -0.15) is 0 Å². The Morgan fingerprint density at radius 3 is 3.00 bits per heavy atom. The summed E-state index contributed by atoms with van der Waals surface area (Å²) in [7, 11) is 0. The van der Waals surface area contributed by atoms with Gasteiger partial charge >= 0.3 is 0 Å². The number of ether oxygens (including phenoxy) is 1. The summed E-state index contributed by atoms with van der Waals surface area (Å²) >= 11 is 0. The number of hydrogen-bond donors (Lipinski definition) is 2. The average molecular weight is 233 g/mol. The molecule has 4 nitrogen and oxygen atoms in total. The summed E-state index contributed by atoms with van der Waals surface area (Å²) in [4.78, 5) is 2.31. The van der Waals surface area contributed by atoms with Gasteiger partial charge in [-0.3, -0.25) is 5.41 Å². The monoisotopic (exact) mass is 233 g/mol. The number of nitrogens with two attached hydrogens (primary N) is 1. The van der Waals surface area contributed by atoms with E-state index in [0.717, 1.165) is 37.4 Å². The number of morpholine rings is 1. The molecule has 1 atom stereocenters. The highest BCUT2D eigenvalue weighted by Crippen LogP contribution is 2.25. The van der Waals surface area contributed by atoms with Crippen LogP contribution in [0.4, 0.5) is 5.69 Å². The highest BCUT2D eigenvalue weighted by atomic mass is 16.5. The number of nitrogen functional groups attached to an aromatic ring is 1. The molecule has 0 saturated carbocycles. The van der Waals surface area contributed by atoms with E-state index in [-0.39, 0.29) is 5.84 Å². The molecule has 3 N–H and O–H groups in total. The molecule has 92 valence electrons. The second-order valence-corrected chi connectivity index (χ2v) is 4.26. The van der Waals surface area contributed by atoms with E-state index in [0.29, 0.717) is 6.04 Å². The molecule has 1 fully saturated rings. The summed E-state index contributed by atoms with van der Waals surface area (Å²) in [6, 6.07) is 8.22. The third-order valence-electron chi connectivity index (χ3n) is 3.20. The lowest BCUT2D eigenvalue weighted by atomic mass is 10.1. The van der Waals surface area contributed by atoms with E-state index in [1.165, 1.54) is 0 Å². The lowest BCUT2D eigenvalue weighted by Gasteiger charge is -2.37. The number of nitrogens with one attached hydrogen (secondary N) is 1. The minimum atomic E-state index is 0.127. The van der Waals surface area contributed by atoms with Gasteiger partial charge in [0.2, 0.25) is 0 Å². The van der Waals surface area contributed by atoms with Crippen molar-refractivity contribution >= 4 is 11.5 Å². The Kier molecular flexibility index (Phi) is 3.64. The van der Waals surface area contributed by atoms with Crippen LogP contribution in [0.1, 0.15) is 18.9 Å². The predicted octanol–water partition coefficient (Wildman–Crippen LogP) is 1.59. The molecule has 1 aromatic rings. The summed E-state index contributed by atoms with van der Waals surface area (Å²) in [6.07, 6.45) is 1.03. The fourth-order valence-corrected chi connectivity index (χ4v) is 2.26. The zero-order valence-electron chi connectivity index (χ0n) is 10.1. The van der Waals surface area contributed by atoms with Crippen molar-refractivity contribution in [3.8, 4) is 0 Å². The first-order valence-corrected chi connectivity index (χ1v) is 6.02. The first-order chi connectivity index (χ1) is 8.24. The maximum atomic E-state index is 7.64. The summed E-state index contributed by atoms with van der Waals surface area (Å²) in [5, 5.41) is 7.64. The smallest absolute Gasteiger partial charge is 0.124 e. The van der Waals surface area contributed by atoms with Crippen molar-refractivity contribution in [2.24, 2.45) is 5.73 Å². The van der Waals surface area contributed by atoms with E-state index in [1.807, 2.05) is 24.3 Å². The van der Waals surface area contributed by atoms with Gasteiger partial charge in [0, 0.05) is 17.8 Å². The van der Waals surface area contributed by atoms with Crippen molar-refractivity contribution in [2.75, 3.05) is 24.7 Å². The van der Waals surface area contributed by atoms with E-state index in [2.05, 4.69) is 11.8 Å². The van der Waals surface area contributed by atoms with Crippen LogP contribution in [0.15, 0.2) is 24.3 Å². The minimum Gasteiger partial charge on any atom is -0.384 e. The molecule has 0 bridgehead atoms. The van der Waals surface area contributed by atoms with Crippen LogP contribution in [0.25, 0.3) is 0 Å². The number of para-hydroxylation sites is 1. The molecule has 17 heavy (non-hydrogen) atoms. The maximum Gasteiger partial charge on any atom is 0.124 e. The number of nitrogens with zero attached hydrogens (tertiary/aromatic N) is 1. The Labute approximate surface area is 102 Å². The van der Waals surface area contributed by atoms with Crippen LogP contribution in [0.3, 0.4) is 0 Å². The van der Waals surface area contributed by atoms with Crippen molar-refractivity contribution in [3.63, 3.8) is 0 Å². The van der Waals surface area contributed by atoms with Gasteiger partial charge in [-0.1, -0.05) is 19.1 Å². The topological polar surface area (TPSA) is 62.3 Å². The Hall–Kier alpha value is -1.55. The lowest BCUT2D eigenvalue weighted by Crippen LogP contribution is -2.46. The van der Waals surface area contributed by atoms with Crippen LogP contribution >= 0.6 is 0 Å². The molecule has 1 aliphatic rings. The molecular weight excluding hydrogens is 214 g/mol. The summed E-state index contributed by atoms with van der Waals surface area (Å²) in [5.41, 5.74) is 7.50. The molecule has 0 aliphatic carbocycles. The van der Waals surface area contributed by atoms with Gasteiger partial charge in [0.05, 0.1) is 19.3 Å². The van der Waals surface area contributed by atoms with Gasteiger partial charge < -0.3 is 15.4 Å². The van der Waals surface area contributed by atoms with Crippen LogP contribution in [0.5, 0.6) is 0 Å². The lowest BCUT2D eigenvalue weighted by molar-refractivity contribution is 0.0930. The van der Waals surface area contributed by atoms with Crippen molar-refractivity contribution in [1.29, 1.82) is 5.41 Å². The second-order valence-electron chi connectivity index (χ2n) is 4.26. The van der Waals surface area contributed by atoms with Crippen molar-refractivity contribution in [1.82, 2.24) is 0 Å². The van der Waals surface area contributed by atoms with Gasteiger partial charge in [0.15, 0.2) is 0 Å². The molecule has 1 unspecified atom stereocenters. The largest absolute Gasteiger partial charge is 0.384 e. The molecule has 0 spiro atoms. The molecule has 2 rings (SSSR count). The maximum absolute atomic E-state index is 7.64. The third kappa shape index (κ3) is 2.42. The van der Waals surface area contributed by atoms with E-state index >= 15 is 0 Å². The fraction of sp³-hybridized carbons (Fsp3) is 0.462. The Balaban J connectivity index is 2.34. The Bertz CT molecular complexity index is 405. The van der Waals surface area contributed by atoms with Crippen LogP contribution in [-0.4, -0.2) is 31.6 Å². The first kappa shape index (κ1) is 11.9. The normalized spacial score (nSPS) is 20.3. The van der Waals surface area contributed by atoms with E-state index in [9.17, 15) is 0 Å². The molecule has 1 aliphatic heterocycles. The number of anilines is 1. The highest BCUT2D eigenvalue weighted by Gasteiger charge is 2.23.